The Labute approximate surface area is 74.1 Å². The lowest BCUT2D eigenvalue weighted by Crippen LogP contribution is -2.26. The summed E-state index contributed by atoms with van der Waals surface area (Å²) in [4.78, 5) is 0. The van der Waals surface area contributed by atoms with Gasteiger partial charge in [-0.15, -0.1) is 23.9 Å². The van der Waals surface area contributed by atoms with Gasteiger partial charge in [0.2, 0.25) is 0 Å². The molecule has 6 heteroatoms. The molecule has 60 valence electrons. The highest BCUT2D eigenvalue weighted by Gasteiger charge is 2.22. The van der Waals surface area contributed by atoms with Gasteiger partial charge in [0, 0.05) is 6.16 Å². The van der Waals surface area contributed by atoms with Gasteiger partial charge in [0.05, 0.1) is 0 Å². The summed E-state index contributed by atoms with van der Waals surface area (Å²) in [6.07, 6.45) is -1.44. The minimum absolute atomic E-state index is 1.28. The standard InChI is InChI=1S/C4BN4.C2H7P/c6-1-5(2-7,3-8)4-9;1-2-3/h;2-3H2,1H3/q-1;/p+1. The van der Waals surface area contributed by atoms with Gasteiger partial charge in [0.25, 0.3) is 0 Å². The SMILES string of the molecule is CC[PH3+].N#C[B-](C#N)(C#N)C#N. The summed E-state index contributed by atoms with van der Waals surface area (Å²) in [6.45, 7) is 2.14. The molecule has 0 amide bonds. The fourth-order valence-electron chi connectivity index (χ4n) is 0.173. The first kappa shape index (κ1) is 13.1. The van der Waals surface area contributed by atoms with Crippen LogP contribution in [0.1, 0.15) is 6.92 Å². The number of nitrogens with zero attached hydrogens (tertiary/aromatic N) is 4. The third-order valence-electron chi connectivity index (χ3n) is 0.775. The van der Waals surface area contributed by atoms with Gasteiger partial charge in [0.1, 0.15) is 0 Å². The lowest BCUT2D eigenvalue weighted by molar-refractivity contribution is 1.50. The van der Waals surface area contributed by atoms with Crippen LogP contribution in [0.3, 0.4) is 0 Å². The van der Waals surface area contributed by atoms with E-state index < -0.39 is 6.15 Å². The molecule has 1 atom stereocenters. The molecule has 0 aliphatic heterocycles. The van der Waals surface area contributed by atoms with Crippen molar-refractivity contribution in [2.45, 2.75) is 6.92 Å². The van der Waals surface area contributed by atoms with Crippen molar-refractivity contribution in [3.05, 3.63) is 0 Å². The molecule has 12 heavy (non-hydrogen) atoms. The maximum Gasteiger partial charge on any atom is 0.383 e. The van der Waals surface area contributed by atoms with Gasteiger partial charge in [-0.1, -0.05) is 0 Å². The summed E-state index contributed by atoms with van der Waals surface area (Å²) >= 11 is 0. The second kappa shape index (κ2) is 7.56. The molecule has 0 aromatic heterocycles. The molecule has 1 unspecified atom stereocenters. The van der Waals surface area contributed by atoms with Gasteiger partial charge in [-0.3, -0.25) is 0 Å². The van der Waals surface area contributed by atoms with Crippen LogP contribution in [-0.2, 0) is 0 Å². The van der Waals surface area contributed by atoms with E-state index in [0.717, 1.165) is 0 Å². The van der Waals surface area contributed by atoms with E-state index in [4.69, 9.17) is 21.0 Å². The van der Waals surface area contributed by atoms with Crippen molar-refractivity contribution in [3.63, 3.8) is 0 Å². The molecule has 0 N–H and O–H groups in total. The molecule has 0 spiro atoms. The largest absolute Gasteiger partial charge is 0.383 e. The minimum Gasteiger partial charge on any atom is -0.245 e. The third-order valence-corrected chi connectivity index (χ3v) is 0.775. The summed E-state index contributed by atoms with van der Waals surface area (Å²) in [5.41, 5.74) is 0. The Balaban J connectivity index is 0. The van der Waals surface area contributed by atoms with Crippen molar-refractivity contribution in [1.29, 1.82) is 21.0 Å². The van der Waals surface area contributed by atoms with Crippen molar-refractivity contribution in [2.75, 3.05) is 6.16 Å². The first-order valence-corrected chi connectivity index (χ1v) is 4.26. The quantitative estimate of drug-likeness (QED) is 0.393. The van der Waals surface area contributed by atoms with Crippen molar-refractivity contribution in [1.82, 2.24) is 0 Å². The summed E-state index contributed by atoms with van der Waals surface area (Å²) in [7, 11) is 1.97. The summed E-state index contributed by atoms with van der Waals surface area (Å²) in [6, 6.07) is 0. The lowest BCUT2D eigenvalue weighted by atomic mass is 9.30. The number of nitriles is 4. The van der Waals surface area contributed by atoms with Crippen LogP contribution in [-0.4, -0.2) is 12.3 Å². The minimum atomic E-state index is -2.72. The van der Waals surface area contributed by atoms with Crippen LogP contribution < -0.4 is 0 Å². The molecular weight excluding hydrogens is 170 g/mol. The maximum atomic E-state index is 8.09. The Morgan fingerprint density at radius 2 is 1.17 bits per heavy atom. The van der Waals surface area contributed by atoms with Crippen LogP contribution in [0.2, 0.25) is 0 Å². The zero-order valence-corrected chi connectivity index (χ0v) is 8.19. The molecule has 4 nitrogen and oxygen atoms in total. The van der Waals surface area contributed by atoms with E-state index in [0.29, 0.717) is 0 Å². The third kappa shape index (κ3) is 4.30. The highest BCUT2D eigenvalue weighted by molar-refractivity contribution is 7.16. The van der Waals surface area contributed by atoms with E-state index in [2.05, 4.69) is 6.92 Å². The number of hydrogen-bond acceptors (Lipinski definition) is 4. The van der Waals surface area contributed by atoms with Crippen LogP contribution in [0.25, 0.3) is 0 Å². The first-order valence-electron chi connectivity index (χ1n) is 3.26. The Kier molecular flexibility index (Phi) is 8.24. The smallest absolute Gasteiger partial charge is 0.245 e. The molecular formula is C6H8BN4P. The molecule has 0 heterocycles. The van der Waals surface area contributed by atoms with Gasteiger partial charge in [-0.25, -0.2) is 21.0 Å². The van der Waals surface area contributed by atoms with Crippen LogP contribution >= 0.6 is 9.24 Å². The summed E-state index contributed by atoms with van der Waals surface area (Å²) in [5.74, 6) is 5.38. The molecule has 0 aliphatic carbocycles. The molecule has 0 saturated carbocycles. The van der Waals surface area contributed by atoms with E-state index in [9.17, 15) is 0 Å². The average Bonchev–Trinajstić information content (AvgIpc) is 2.11. The van der Waals surface area contributed by atoms with Crippen molar-refractivity contribution >= 4 is 15.4 Å². The topological polar surface area (TPSA) is 95.2 Å². The van der Waals surface area contributed by atoms with E-state index in [1.807, 2.05) is 9.24 Å². The van der Waals surface area contributed by atoms with E-state index >= 15 is 0 Å². The Bertz CT molecular complexity index is 225. The Hall–Kier alpha value is -1.55. The van der Waals surface area contributed by atoms with Gasteiger partial charge in [0.15, 0.2) is 0 Å². The van der Waals surface area contributed by atoms with Crippen LogP contribution in [0.5, 0.6) is 0 Å². The van der Waals surface area contributed by atoms with Crippen LogP contribution in [0.15, 0.2) is 0 Å². The fraction of sp³-hybridized carbons (Fsp3) is 0.333. The van der Waals surface area contributed by atoms with Gasteiger partial charge < -0.3 is 0 Å². The normalized spacial score (nSPS) is 7.42. The van der Waals surface area contributed by atoms with Crippen molar-refractivity contribution in [2.24, 2.45) is 0 Å². The zero-order valence-electron chi connectivity index (χ0n) is 6.78. The van der Waals surface area contributed by atoms with Gasteiger partial charge in [-0.2, -0.15) is 0 Å². The maximum absolute atomic E-state index is 8.09. The molecule has 0 bridgehead atoms. The van der Waals surface area contributed by atoms with Crippen molar-refractivity contribution in [3.8, 4) is 23.9 Å². The summed E-state index contributed by atoms with van der Waals surface area (Å²) < 4.78 is 0. The second-order valence-corrected chi connectivity index (χ2v) is 2.88. The summed E-state index contributed by atoms with van der Waals surface area (Å²) in [5, 5.41) is 32.3. The average molecular weight is 178 g/mol. The predicted octanol–water partition coefficient (Wildman–Crippen LogP) is 0.300. The number of rotatable bonds is 0. The van der Waals surface area contributed by atoms with E-state index in [1.165, 1.54) is 30.0 Å². The predicted molar refractivity (Wildman–Crippen MR) is 49.9 cm³/mol. The van der Waals surface area contributed by atoms with Crippen molar-refractivity contribution < 1.29 is 0 Å². The Morgan fingerprint density at radius 1 is 1.00 bits per heavy atom. The molecule has 0 saturated heterocycles. The number of hydrogen-bond donors (Lipinski definition) is 0. The molecule has 0 rings (SSSR count). The monoisotopic (exact) mass is 178 g/mol. The highest BCUT2D eigenvalue weighted by Crippen LogP contribution is 1.92. The highest BCUT2D eigenvalue weighted by atomic mass is 31.0. The van der Waals surface area contributed by atoms with Gasteiger partial charge >= 0.3 is 6.15 Å². The van der Waals surface area contributed by atoms with Crippen LogP contribution in [0.4, 0.5) is 0 Å². The fourth-order valence-corrected chi connectivity index (χ4v) is 0.173. The molecule has 0 aliphatic rings. The van der Waals surface area contributed by atoms with E-state index in [1.54, 1.807) is 0 Å². The second-order valence-electron chi connectivity index (χ2n) is 1.88. The Morgan fingerprint density at radius 3 is 1.17 bits per heavy atom. The molecule has 0 fully saturated rings. The lowest BCUT2D eigenvalue weighted by Gasteiger charge is -1.98. The first-order chi connectivity index (χ1) is 5.66. The molecule has 0 radical (unpaired) electrons. The van der Waals surface area contributed by atoms with Crippen LogP contribution in [0, 0.1) is 44.9 Å². The van der Waals surface area contributed by atoms with E-state index in [-0.39, 0.29) is 0 Å². The molecule has 0 aromatic carbocycles. The van der Waals surface area contributed by atoms with Gasteiger partial charge in [-0.05, 0) is 16.2 Å². The molecule has 0 aromatic rings. The zero-order chi connectivity index (χ0) is 10.0.